The number of aromatic amines is 1. The molecule has 0 unspecified atom stereocenters. The van der Waals surface area contributed by atoms with Gasteiger partial charge in [0, 0.05) is 11.6 Å². The van der Waals surface area contributed by atoms with Crippen LogP contribution in [0.25, 0.3) is 10.9 Å². The second-order valence-corrected chi connectivity index (χ2v) is 5.55. The number of fused-ring (bicyclic) bond motifs is 1. The Hall–Kier alpha value is -2.41. The lowest BCUT2D eigenvalue weighted by molar-refractivity contribution is 0.597. The van der Waals surface area contributed by atoms with E-state index in [0.29, 0.717) is 5.69 Å². The molecule has 19 heavy (non-hydrogen) atoms. The Morgan fingerprint density at radius 3 is 2.74 bits per heavy atom. The van der Waals surface area contributed by atoms with Gasteiger partial charge < -0.3 is 0 Å². The second kappa shape index (κ2) is 4.36. The van der Waals surface area contributed by atoms with Gasteiger partial charge in [-0.1, -0.05) is 6.07 Å². The summed E-state index contributed by atoms with van der Waals surface area (Å²) >= 11 is 0. The lowest BCUT2D eigenvalue weighted by Gasteiger charge is -2.08. The van der Waals surface area contributed by atoms with Crippen LogP contribution in [-0.4, -0.2) is 23.6 Å². The van der Waals surface area contributed by atoms with E-state index < -0.39 is 10.0 Å². The molecule has 0 aliphatic rings. The summed E-state index contributed by atoms with van der Waals surface area (Å²) in [6.07, 6.45) is 3.05. The van der Waals surface area contributed by atoms with Gasteiger partial charge in [-0.2, -0.15) is 13.5 Å². The maximum Gasteiger partial charge on any atom is 0.278 e. The topological polar surface area (TPSA) is 87.7 Å². The van der Waals surface area contributed by atoms with Crippen LogP contribution in [0.1, 0.15) is 0 Å². The lowest BCUT2D eigenvalue weighted by atomic mass is 10.2. The Balaban J connectivity index is 2.07. The Labute approximate surface area is 109 Å². The maximum atomic E-state index is 12.1. The molecule has 3 rings (SSSR count). The number of hydrogen-bond acceptors (Lipinski definition) is 4. The zero-order chi connectivity index (χ0) is 13.3. The Morgan fingerprint density at radius 2 is 1.95 bits per heavy atom. The lowest BCUT2D eigenvalue weighted by Crippen LogP contribution is -2.13. The van der Waals surface area contributed by atoms with Crippen molar-refractivity contribution in [2.45, 2.75) is 5.03 Å². The molecular weight excluding hydrogens is 264 g/mol. The van der Waals surface area contributed by atoms with Crippen molar-refractivity contribution in [2.24, 2.45) is 0 Å². The third kappa shape index (κ3) is 2.15. The van der Waals surface area contributed by atoms with Gasteiger partial charge in [-0.25, -0.2) is 0 Å². The summed E-state index contributed by atoms with van der Waals surface area (Å²) in [6.45, 7) is 0. The molecule has 2 heterocycles. The fourth-order valence-corrected chi connectivity index (χ4v) is 2.78. The number of anilines is 1. The van der Waals surface area contributed by atoms with E-state index in [2.05, 4.69) is 19.9 Å². The van der Waals surface area contributed by atoms with Crippen LogP contribution < -0.4 is 4.72 Å². The largest absolute Gasteiger partial charge is 0.278 e. The first-order chi connectivity index (χ1) is 9.17. The monoisotopic (exact) mass is 274 g/mol. The molecule has 0 bridgehead atoms. The highest BCUT2D eigenvalue weighted by atomic mass is 32.2. The number of nitrogens with zero attached hydrogens (tertiary/aromatic N) is 2. The summed E-state index contributed by atoms with van der Waals surface area (Å²) in [7, 11) is -3.66. The Morgan fingerprint density at radius 1 is 1.05 bits per heavy atom. The average molecular weight is 274 g/mol. The quantitative estimate of drug-likeness (QED) is 0.761. The number of sulfonamides is 1. The van der Waals surface area contributed by atoms with Gasteiger partial charge in [0.1, 0.15) is 0 Å². The Bertz CT molecular complexity index is 807. The molecule has 0 aliphatic carbocycles. The minimum absolute atomic E-state index is 0.0217. The van der Waals surface area contributed by atoms with Crippen molar-refractivity contribution < 1.29 is 8.42 Å². The molecule has 0 saturated heterocycles. The Kier molecular flexibility index (Phi) is 2.68. The van der Waals surface area contributed by atoms with E-state index in [-0.39, 0.29) is 5.03 Å². The molecule has 0 atom stereocenters. The molecule has 0 radical (unpaired) electrons. The fraction of sp³-hybridized carbons (Fsp3) is 0. The van der Waals surface area contributed by atoms with E-state index in [9.17, 15) is 8.42 Å². The average Bonchev–Trinajstić information content (AvgIpc) is 2.93. The molecule has 0 saturated carbocycles. The first-order valence-electron chi connectivity index (χ1n) is 5.53. The van der Waals surface area contributed by atoms with Crippen molar-refractivity contribution in [3.05, 3.63) is 48.8 Å². The zero-order valence-electron chi connectivity index (χ0n) is 9.74. The van der Waals surface area contributed by atoms with Gasteiger partial charge in [0.25, 0.3) is 10.0 Å². The normalized spacial score (nSPS) is 11.6. The standard InChI is InChI=1S/C12H10N4O2S/c17-19(18,12-6-8-14-15-12)16-11-5-1-4-10-9(11)3-2-7-13-10/h1-8,16H,(H,14,15). The molecule has 2 aromatic heterocycles. The van der Waals surface area contributed by atoms with Crippen LogP contribution in [0.4, 0.5) is 5.69 Å². The van der Waals surface area contributed by atoms with Crippen molar-refractivity contribution in [1.29, 1.82) is 0 Å². The highest BCUT2D eigenvalue weighted by Gasteiger charge is 2.16. The summed E-state index contributed by atoms with van der Waals surface area (Å²) < 4.78 is 26.7. The third-order valence-electron chi connectivity index (χ3n) is 2.65. The van der Waals surface area contributed by atoms with Crippen LogP contribution in [0.2, 0.25) is 0 Å². The fourth-order valence-electron chi connectivity index (χ4n) is 1.78. The van der Waals surface area contributed by atoms with E-state index in [1.54, 1.807) is 24.4 Å². The summed E-state index contributed by atoms with van der Waals surface area (Å²) in [6, 6.07) is 10.2. The highest BCUT2D eigenvalue weighted by molar-refractivity contribution is 7.92. The van der Waals surface area contributed by atoms with Crippen LogP contribution >= 0.6 is 0 Å². The van der Waals surface area contributed by atoms with Crippen molar-refractivity contribution >= 4 is 26.6 Å². The minimum atomic E-state index is -3.66. The number of pyridine rings is 1. The van der Waals surface area contributed by atoms with Crippen molar-refractivity contribution in [3.8, 4) is 0 Å². The zero-order valence-corrected chi connectivity index (χ0v) is 10.6. The molecule has 3 aromatic rings. The second-order valence-electron chi connectivity index (χ2n) is 3.90. The number of hydrogen-bond donors (Lipinski definition) is 2. The van der Waals surface area contributed by atoms with Crippen LogP contribution in [0.15, 0.2) is 53.8 Å². The molecule has 0 fully saturated rings. The summed E-state index contributed by atoms with van der Waals surface area (Å²) in [5.74, 6) is 0. The summed E-state index contributed by atoms with van der Waals surface area (Å²) in [5.41, 5.74) is 1.22. The van der Waals surface area contributed by atoms with Crippen molar-refractivity contribution in [3.63, 3.8) is 0 Å². The number of nitrogens with one attached hydrogen (secondary N) is 2. The van der Waals surface area contributed by atoms with Crippen LogP contribution in [0.5, 0.6) is 0 Å². The summed E-state index contributed by atoms with van der Waals surface area (Å²) in [5, 5.41) is 6.83. The minimum Gasteiger partial charge on any atom is -0.278 e. The third-order valence-corrected chi connectivity index (χ3v) is 3.95. The number of benzene rings is 1. The van der Waals surface area contributed by atoms with Crippen LogP contribution in [0, 0.1) is 0 Å². The molecule has 0 aliphatic heterocycles. The molecule has 96 valence electrons. The summed E-state index contributed by atoms with van der Waals surface area (Å²) in [4.78, 5) is 4.18. The maximum absolute atomic E-state index is 12.1. The van der Waals surface area contributed by atoms with Gasteiger partial charge in [-0.05, 0) is 30.3 Å². The van der Waals surface area contributed by atoms with E-state index >= 15 is 0 Å². The molecule has 7 heteroatoms. The van der Waals surface area contributed by atoms with E-state index in [1.165, 1.54) is 12.3 Å². The predicted octanol–water partition coefficient (Wildman–Crippen LogP) is 1.76. The molecular formula is C12H10N4O2S. The molecule has 0 spiro atoms. The van der Waals surface area contributed by atoms with Gasteiger partial charge in [0.2, 0.25) is 0 Å². The molecule has 1 aromatic carbocycles. The van der Waals surface area contributed by atoms with Crippen molar-refractivity contribution in [1.82, 2.24) is 15.2 Å². The van der Waals surface area contributed by atoms with Gasteiger partial charge in [-0.15, -0.1) is 0 Å². The van der Waals surface area contributed by atoms with Crippen molar-refractivity contribution in [2.75, 3.05) is 4.72 Å². The number of rotatable bonds is 3. The first kappa shape index (κ1) is 11.7. The van der Waals surface area contributed by atoms with E-state index in [0.717, 1.165) is 10.9 Å². The van der Waals surface area contributed by atoms with Gasteiger partial charge >= 0.3 is 0 Å². The van der Waals surface area contributed by atoms with E-state index in [1.807, 2.05) is 12.1 Å². The highest BCUT2D eigenvalue weighted by Crippen LogP contribution is 2.23. The first-order valence-corrected chi connectivity index (χ1v) is 7.01. The van der Waals surface area contributed by atoms with Gasteiger partial charge in [0.15, 0.2) is 5.03 Å². The number of H-pyrrole nitrogens is 1. The predicted molar refractivity (Wildman–Crippen MR) is 71.1 cm³/mol. The molecule has 0 amide bonds. The number of aromatic nitrogens is 3. The van der Waals surface area contributed by atoms with Gasteiger partial charge in [-0.3, -0.25) is 14.8 Å². The molecule has 6 nitrogen and oxygen atoms in total. The smallest absolute Gasteiger partial charge is 0.278 e. The van der Waals surface area contributed by atoms with Gasteiger partial charge in [0.05, 0.1) is 17.4 Å². The molecule has 2 N–H and O–H groups in total. The van der Waals surface area contributed by atoms with E-state index in [4.69, 9.17) is 0 Å². The van der Waals surface area contributed by atoms with Crippen LogP contribution in [0.3, 0.4) is 0 Å². The van der Waals surface area contributed by atoms with Crippen LogP contribution in [-0.2, 0) is 10.0 Å². The SMILES string of the molecule is O=S(=O)(Nc1cccc2ncccc12)c1ccn[nH]1.